The van der Waals surface area contributed by atoms with Gasteiger partial charge in [0.15, 0.2) is 5.65 Å². The van der Waals surface area contributed by atoms with Crippen LogP contribution in [0.1, 0.15) is 5.56 Å². The molecule has 3 rings (SSSR count). The van der Waals surface area contributed by atoms with Crippen molar-refractivity contribution in [2.24, 2.45) is 5.73 Å². The Morgan fingerprint density at radius 2 is 1.74 bits per heavy atom. The molecule has 0 aliphatic rings. The van der Waals surface area contributed by atoms with E-state index in [4.69, 9.17) is 5.73 Å². The molecule has 0 unspecified atom stereocenters. The number of hydrogen-bond donors (Lipinski definition) is 2. The van der Waals surface area contributed by atoms with Gasteiger partial charge in [-0.25, -0.2) is 9.97 Å². The van der Waals surface area contributed by atoms with Gasteiger partial charge in [-0.15, -0.1) is 0 Å². The monoisotopic (exact) mass is 251 g/mol. The molecule has 0 amide bonds. The average molecular weight is 251 g/mol. The van der Waals surface area contributed by atoms with Crippen molar-refractivity contribution in [3.63, 3.8) is 0 Å². The average Bonchev–Trinajstić information content (AvgIpc) is 2.48. The molecule has 0 saturated carbocycles. The second-order valence-electron chi connectivity index (χ2n) is 4.12. The number of rotatable bonds is 3. The van der Waals surface area contributed by atoms with Gasteiger partial charge in [0.1, 0.15) is 11.3 Å². The Bertz CT molecular complexity index is 694. The minimum atomic E-state index is 0.546. The van der Waals surface area contributed by atoms with E-state index in [1.165, 1.54) is 0 Å². The van der Waals surface area contributed by atoms with Crippen LogP contribution < -0.4 is 11.1 Å². The summed E-state index contributed by atoms with van der Waals surface area (Å²) in [5.74, 6) is 0.744. The minimum absolute atomic E-state index is 0.546. The van der Waals surface area contributed by atoms with Crippen LogP contribution in [0.5, 0.6) is 0 Å². The van der Waals surface area contributed by atoms with Gasteiger partial charge in [-0.2, -0.15) is 0 Å². The van der Waals surface area contributed by atoms with Gasteiger partial charge in [0, 0.05) is 24.6 Å². The topological polar surface area (TPSA) is 76.7 Å². The quantitative estimate of drug-likeness (QED) is 0.746. The summed E-state index contributed by atoms with van der Waals surface area (Å²) >= 11 is 0. The number of anilines is 2. The van der Waals surface area contributed by atoms with Crippen LogP contribution in [0.3, 0.4) is 0 Å². The van der Waals surface area contributed by atoms with Crippen LogP contribution in [-0.4, -0.2) is 15.0 Å². The summed E-state index contributed by atoms with van der Waals surface area (Å²) in [7, 11) is 0. The van der Waals surface area contributed by atoms with Crippen molar-refractivity contribution in [3.05, 3.63) is 54.4 Å². The van der Waals surface area contributed by atoms with Gasteiger partial charge in [0.2, 0.25) is 0 Å². The molecular weight excluding hydrogens is 238 g/mol. The molecule has 3 N–H and O–H groups in total. The molecule has 0 atom stereocenters. The molecule has 0 spiro atoms. The molecule has 0 aliphatic carbocycles. The number of hydrogen-bond acceptors (Lipinski definition) is 5. The third kappa shape index (κ3) is 2.51. The van der Waals surface area contributed by atoms with Gasteiger partial charge in [-0.3, -0.25) is 4.98 Å². The van der Waals surface area contributed by atoms with E-state index in [9.17, 15) is 0 Å². The fourth-order valence-corrected chi connectivity index (χ4v) is 1.80. The van der Waals surface area contributed by atoms with E-state index >= 15 is 0 Å². The highest BCUT2D eigenvalue weighted by Gasteiger charge is 2.00. The van der Waals surface area contributed by atoms with Crippen molar-refractivity contribution in [2.45, 2.75) is 6.54 Å². The Morgan fingerprint density at radius 3 is 2.53 bits per heavy atom. The number of nitrogens with one attached hydrogen (secondary N) is 1. The predicted molar refractivity (Wildman–Crippen MR) is 74.9 cm³/mol. The molecule has 1 aromatic carbocycles. The largest absolute Gasteiger partial charge is 0.340 e. The first kappa shape index (κ1) is 11.6. The Balaban J connectivity index is 1.87. The normalized spacial score (nSPS) is 10.6. The summed E-state index contributed by atoms with van der Waals surface area (Å²) in [6.07, 6.45) is 3.29. The molecule has 0 fully saturated rings. The second-order valence-corrected chi connectivity index (χ2v) is 4.12. The third-order valence-electron chi connectivity index (χ3n) is 2.79. The summed E-state index contributed by atoms with van der Waals surface area (Å²) in [5, 5.41) is 3.23. The van der Waals surface area contributed by atoms with Crippen molar-refractivity contribution in [1.82, 2.24) is 15.0 Å². The van der Waals surface area contributed by atoms with Crippen molar-refractivity contribution >= 4 is 22.7 Å². The van der Waals surface area contributed by atoms with Gasteiger partial charge in [0.25, 0.3) is 0 Å². The predicted octanol–water partition coefficient (Wildman–Crippen LogP) is 2.23. The zero-order valence-corrected chi connectivity index (χ0v) is 10.2. The van der Waals surface area contributed by atoms with Gasteiger partial charge in [-0.05, 0) is 29.8 Å². The van der Waals surface area contributed by atoms with Crippen LogP contribution in [0.2, 0.25) is 0 Å². The molecular formula is C14H13N5. The number of nitrogens with two attached hydrogens (primary N) is 1. The van der Waals surface area contributed by atoms with Crippen molar-refractivity contribution in [1.29, 1.82) is 0 Å². The first-order valence-corrected chi connectivity index (χ1v) is 5.99. The van der Waals surface area contributed by atoms with Crippen molar-refractivity contribution in [3.8, 4) is 0 Å². The molecule has 2 heterocycles. The highest BCUT2D eigenvalue weighted by atomic mass is 15.0. The Labute approximate surface area is 110 Å². The van der Waals surface area contributed by atoms with Gasteiger partial charge in [0.05, 0.1) is 0 Å². The van der Waals surface area contributed by atoms with E-state index in [1.807, 2.05) is 36.4 Å². The highest BCUT2D eigenvalue weighted by Crippen LogP contribution is 2.17. The summed E-state index contributed by atoms with van der Waals surface area (Å²) < 4.78 is 0. The number of aromatic nitrogens is 3. The zero-order chi connectivity index (χ0) is 13.1. The van der Waals surface area contributed by atoms with E-state index in [2.05, 4.69) is 20.3 Å². The van der Waals surface area contributed by atoms with Crippen LogP contribution in [0, 0.1) is 0 Å². The summed E-state index contributed by atoms with van der Waals surface area (Å²) in [5.41, 5.74) is 9.05. The number of benzene rings is 1. The van der Waals surface area contributed by atoms with Crippen LogP contribution in [0.25, 0.3) is 11.2 Å². The lowest BCUT2D eigenvalue weighted by Gasteiger charge is -2.06. The Hall–Kier alpha value is -2.53. The lowest BCUT2D eigenvalue weighted by molar-refractivity contribution is 1.07. The molecule has 5 nitrogen and oxygen atoms in total. The Morgan fingerprint density at radius 1 is 0.947 bits per heavy atom. The fraction of sp³-hybridized carbons (Fsp3) is 0.0714. The smallest absolute Gasteiger partial charge is 0.180 e. The lowest BCUT2D eigenvalue weighted by Crippen LogP contribution is -1.98. The first-order valence-electron chi connectivity index (χ1n) is 5.99. The number of pyridine rings is 1. The number of fused-ring (bicyclic) bond motifs is 1. The molecule has 0 saturated heterocycles. The highest BCUT2D eigenvalue weighted by molar-refractivity contribution is 5.72. The molecule has 2 aromatic heterocycles. The summed E-state index contributed by atoms with van der Waals surface area (Å²) in [6.45, 7) is 0.546. The molecule has 5 heteroatoms. The fourth-order valence-electron chi connectivity index (χ4n) is 1.80. The Kier molecular flexibility index (Phi) is 3.04. The molecule has 0 bridgehead atoms. The van der Waals surface area contributed by atoms with E-state index in [1.54, 1.807) is 12.4 Å². The van der Waals surface area contributed by atoms with Crippen molar-refractivity contribution in [2.75, 3.05) is 5.32 Å². The summed E-state index contributed by atoms with van der Waals surface area (Å²) in [6, 6.07) is 11.7. The van der Waals surface area contributed by atoms with E-state index < -0.39 is 0 Å². The van der Waals surface area contributed by atoms with Crippen LogP contribution in [0.15, 0.2) is 48.8 Å². The molecule has 0 aliphatic heterocycles. The van der Waals surface area contributed by atoms with E-state index in [-0.39, 0.29) is 0 Å². The second kappa shape index (κ2) is 4.99. The van der Waals surface area contributed by atoms with Gasteiger partial charge >= 0.3 is 0 Å². The molecule has 3 aromatic rings. The molecule has 0 radical (unpaired) electrons. The first-order chi connectivity index (χ1) is 9.35. The van der Waals surface area contributed by atoms with Crippen LogP contribution in [-0.2, 0) is 6.54 Å². The third-order valence-corrected chi connectivity index (χ3v) is 2.79. The zero-order valence-electron chi connectivity index (χ0n) is 10.2. The van der Waals surface area contributed by atoms with Crippen LogP contribution >= 0.6 is 0 Å². The maximum Gasteiger partial charge on any atom is 0.180 e. The summed E-state index contributed by atoms with van der Waals surface area (Å²) in [4.78, 5) is 12.8. The van der Waals surface area contributed by atoms with E-state index in [0.29, 0.717) is 12.2 Å². The molecule has 19 heavy (non-hydrogen) atoms. The van der Waals surface area contributed by atoms with Crippen LogP contribution in [0.4, 0.5) is 11.5 Å². The molecule has 94 valence electrons. The van der Waals surface area contributed by atoms with Gasteiger partial charge in [-0.1, -0.05) is 12.1 Å². The maximum atomic E-state index is 5.57. The maximum absolute atomic E-state index is 5.57. The van der Waals surface area contributed by atoms with Gasteiger partial charge < -0.3 is 11.1 Å². The number of nitrogens with zero attached hydrogens (tertiary/aromatic N) is 3. The van der Waals surface area contributed by atoms with Crippen molar-refractivity contribution < 1.29 is 0 Å². The van der Waals surface area contributed by atoms with E-state index in [0.717, 1.165) is 22.6 Å². The minimum Gasteiger partial charge on any atom is -0.340 e. The SMILES string of the molecule is NCc1ccc(Nc2ccc3nccnc3n2)cc1. The lowest BCUT2D eigenvalue weighted by atomic mass is 10.2. The standard InChI is InChI=1S/C14H13N5/c15-9-10-1-3-11(4-2-10)18-13-6-5-12-14(19-13)17-8-7-16-12/h1-8H,9,15H2,(H,17,18,19).